The van der Waals surface area contributed by atoms with Crippen LogP contribution in [0.15, 0.2) is 55.0 Å². The number of nitrogens with one attached hydrogen (secondary N) is 1. The largest absolute Gasteiger partial charge is 0.372 e. The van der Waals surface area contributed by atoms with Crippen LogP contribution in [-0.2, 0) is 11.8 Å². The quantitative estimate of drug-likeness (QED) is 0.543. The number of pyridine rings is 3. The number of morpholine rings is 1. The predicted molar refractivity (Wildman–Crippen MR) is 121 cm³/mol. The van der Waals surface area contributed by atoms with Crippen molar-refractivity contribution in [2.45, 2.75) is 26.1 Å². The number of ether oxygens (including phenoxy) is 1. The van der Waals surface area contributed by atoms with Crippen LogP contribution in [0.25, 0.3) is 22.3 Å². The summed E-state index contributed by atoms with van der Waals surface area (Å²) in [5, 5.41) is 7.79. The van der Waals surface area contributed by atoms with E-state index in [0.29, 0.717) is 0 Å². The lowest BCUT2D eigenvalue weighted by Gasteiger charge is -2.36. The molecule has 1 N–H and O–H groups in total. The highest BCUT2D eigenvalue weighted by atomic mass is 16.5. The van der Waals surface area contributed by atoms with Crippen LogP contribution in [0.1, 0.15) is 13.8 Å². The van der Waals surface area contributed by atoms with Crippen molar-refractivity contribution in [1.29, 1.82) is 0 Å². The van der Waals surface area contributed by atoms with Gasteiger partial charge in [-0.05, 0) is 44.2 Å². The molecule has 0 amide bonds. The third-order valence-corrected chi connectivity index (χ3v) is 5.29. The molecule has 1 aliphatic heterocycles. The summed E-state index contributed by atoms with van der Waals surface area (Å²) in [6.07, 6.45) is 5.91. The lowest BCUT2D eigenvalue weighted by molar-refractivity contribution is -0.00545. The Morgan fingerprint density at radius 3 is 2.61 bits per heavy atom. The van der Waals surface area contributed by atoms with Gasteiger partial charge in [0.25, 0.3) is 0 Å². The monoisotopic (exact) mass is 415 g/mol. The number of aryl methyl sites for hydroxylation is 1. The number of rotatable bonds is 4. The molecule has 0 aliphatic carbocycles. The number of hydrogen-bond donors (Lipinski definition) is 1. The van der Waals surface area contributed by atoms with Crippen molar-refractivity contribution in [3.8, 4) is 11.3 Å². The van der Waals surface area contributed by atoms with E-state index < -0.39 is 0 Å². The van der Waals surface area contributed by atoms with Crippen molar-refractivity contribution < 1.29 is 4.74 Å². The first-order chi connectivity index (χ1) is 15.0. The molecule has 0 radical (unpaired) electrons. The van der Waals surface area contributed by atoms with Gasteiger partial charge in [0.2, 0.25) is 0 Å². The Kier molecular flexibility index (Phi) is 4.99. The van der Waals surface area contributed by atoms with E-state index in [0.717, 1.165) is 52.7 Å². The van der Waals surface area contributed by atoms with Crippen LogP contribution < -0.4 is 10.2 Å². The molecule has 0 aromatic carbocycles. The second kappa shape index (κ2) is 7.96. The van der Waals surface area contributed by atoms with E-state index in [1.807, 2.05) is 49.8 Å². The van der Waals surface area contributed by atoms with E-state index in [4.69, 9.17) is 9.72 Å². The van der Waals surface area contributed by atoms with Crippen LogP contribution >= 0.6 is 0 Å². The summed E-state index contributed by atoms with van der Waals surface area (Å²) in [5.41, 5.74) is 4.58. The van der Waals surface area contributed by atoms with Crippen molar-refractivity contribution >= 4 is 28.4 Å². The molecule has 1 aliphatic rings. The highest BCUT2D eigenvalue weighted by Gasteiger charge is 2.23. The molecule has 5 heterocycles. The van der Waals surface area contributed by atoms with Crippen LogP contribution in [0, 0.1) is 0 Å². The molecule has 31 heavy (non-hydrogen) atoms. The van der Waals surface area contributed by atoms with E-state index in [1.165, 1.54) is 0 Å². The van der Waals surface area contributed by atoms with E-state index >= 15 is 0 Å². The zero-order valence-corrected chi connectivity index (χ0v) is 17.9. The molecule has 0 saturated carbocycles. The summed E-state index contributed by atoms with van der Waals surface area (Å²) in [6.45, 7) is 5.85. The molecule has 2 atom stereocenters. The average Bonchev–Trinajstić information content (AvgIpc) is 3.13. The number of fused-ring (bicyclic) bond motifs is 1. The fourth-order valence-electron chi connectivity index (χ4n) is 4.02. The first-order valence-corrected chi connectivity index (χ1v) is 10.4. The maximum Gasteiger partial charge on any atom is 0.130 e. The van der Waals surface area contributed by atoms with Gasteiger partial charge in [0.05, 0.1) is 24.1 Å². The highest BCUT2D eigenvalue weighted by molar-refractivity contribution is 5.78. The van der Waals surface area contributed by atoms with Gasteiger partial charge in [0, 0.05) is 49.8 Å². The van der Waals surface area contributed by atoms with Gasteiger partial charge >= 0.3 is 0 Å². The fourth-order valence-corrected chi connectivity index (χ4v) is 4.02. The molecule has 0 bridgehead atoms. The first-order valence-electron chi connectivity index (χ1n) is 10.4. The maximum atomic E-state index is 5.84. The summed E-state index contributed by atoms with van der Waals surface area (Å²) in [4.78, 5) is 16.0. The second-order valence-electron chi connectivity index (χ2n) is 8.02. The molecule has 4 aromatic rings. The second-order valence-corrected chi connectivity index (χ2v) is 8.02. The molecule has 8 nitrogen and oxygen atoms in total. The van der Waals surface area contributed by atoms with E-state index in [2.05, 4.69) is 45.2 Å². The minimum atomic E-state index is 0.185. The molecule has 158 valence electrons. The molecular weight excluding hydrogens is 390 g/mol. The van der Waals surface area contributed by atoms with Gasteiger partial charge in [0.1, 0.15) is 22.7 Å². The third kappa shape index (κ3) is 4.20. The fraction of sp³-hybridized carbons (Fsp3) is 0.304. The zero-order valence-electron chi connectivity index (χ0n) is 17.9. The zero-order chi connectivity index (χ0) is 21.4. The molecule has 8 heteroatoms. The van der Waals surface area contributed by atoms with Gasteiger partial charge in [0.15, 0.2) is 0 Å². The Hall–Kier alpha value is -3.52. The van der Waals surface area contributed by atoms with Crippen LogP contribution in [0.4, 0.5) is 17.3 Å². The van der Waals surface area contributed by atoms with Crippen LogP contribution in [-0.4, -0.2) is 50.0 Å². The predicted octanol–water partition coefficient (Wildman–Crippen LogP) is 3.78. The standard InChI is InChI=1S/C23H25N7O/c1-15-12-30(13-16(2)31-15)23-11-18(7-9-25-23)26-22-10-17(6-8-24-22)19-4-5-20-21(27-19)14-29(3)28-20/h4-11,14-16H,12-13H2,1-3H3,(H,24,25,26)/t15-,16+. The van der Waals surface area contributed by atoms with E-state index in [9.17, 15) is 0 Å². The Labute approximate surface area is 180 Å². The molecule has 0 spiro atoms. The summed E-state index contributed by atoms with van der Waals surface area (Å²) in [7, 11) is 1.90. The minimum Gasteiger partial charge on any atom is -0.372 e. The van der Waals surface area contributed by atoms with Crippen molar-refractivity contribution in [2.24, 2.45) is 7.05 Å². The van der Waals surface area contributed by atoms with Crippen molar-refractivity contribution in [2.75, 3.05) is 23.3 Å². The maximum absolute atomic E-state index is 5.84. The van der Waals surface area contributed by atoms with Gasteiger partial charge in [-0.1, -0.05) is 0 Å². The number of aromatic nitrogens is 5. The number of nitrogens with zero attached hydrogens (tertiary/aromatic N) is 6. The van der Waals surface area contributed by atoms with Crippen molar-refractivity contribution in [3.05, 3.63) is 55.0 Å². The molecule has 1 saturated heterocycles. The lowest BCUT2D eigenvalue weighted by atomic mass is 10.1. The van der Waals surface area contributed by atoms with Crippen molar-refractivity contribution in [1.82, 2.24) is 24.7 Å². The number of anilines is 3. The SMILES string of the molecule is C[C@@H]1CN(c2cc(Nc3cc(-c4ccc5nn(C)cc5n4)ccn3)ccn2)C[C@H](C)O1. The van der Waals surface area contributed by atoms with Gasteiger partial charge in [-0.15, -0.1) is 0 Å². The van der Waals surface area contributed by atoms with Crippen molar-refractivity contribution in [3.63, 3.8) is 0 Å². The normalized spacial score (nSPS) is 19.0. The van der Waals surface area contributed by atoms with Gasteiger partial charge in [-0.2, -0.15) is 5.10 Å². The molecule has 5 rings (SSSR count). The average molecular weight is 416 g/mol. The van der Waals surface area contributed by atoms with Crippen LogP contribution in [0.2, 0.25) is 0 Å². The van der Waals surface area contributed by atoms with Crippen LogP contribution in [0.3, 0.4) is 0 Å². The first kappa shape index (κ1) is 19.4. The Bertz CT molecular complexity index is 1210. The third-order valence-electron chi connectivity index (χ3n) is 5.29. The highest BCUT2D eigenvalue weighted by Crippen LogP contribution is 2.26. The van der Waals surface area contributed by atoms with Gasteiger partial charge < -0.3 is 15.0 Å². The summed E-state index contributed by atoms with van der Waals surface area (Å²) >= 11 is 0. The van der Waals surface area contributed by atoms with E-state index in [-0.39, 0.29) is 12.2 Å². The summed E-state index contributed by atoms with van der Waals surface area (Å²) < 4.78 is 7.62. The molecule has 0 unspecified atom stereocenters. The smallest absolute Gasteiger partial charge is 0.130 e. The Balaban J connectivity index is 1.38. The topological polar surface area (TPSA) is 81.0 Å². The van der Waals surface area contributed by atoms with E-state index in [1.54, 1.807) is 10.9 Å². The number of hydrogen-bond acceptors (Lipinski definition) is 7. The Morgan fingerprint density at radius 2 is 1.77 bits per heavy atom. The molecular formula is C23H25N7O. The minimum absolute atomic E-state index is 0.185. The van der Waals surface area contributed by atoms with Gasteiger partial charge in [-0.25, -0.2) is 15.0 Å². The lowest BCUT2D eigenvalue weighted by Crippen LogP contribution is -2.45. The Morgan fingerprint density at radius 1 is 0.968 bits per heavy atom. The summed E-state index contributed by atoms with van der Waals surface area (Å²) in [5.74, 6) is 1.69. The molecule has 1 fully saturated rings. The van der Waals surface area contributed by atoms with Crippen LogP contribution in [0.5, 0.6) is 0 Å². The molecule has 4 aromatic heterocycles. The van der Waals surface area contributed by atoms with Gasteiger partial charge in [-0.3, -0.25) is 4.68 Å². The summed E-state index contributed by atoms with van der Waals surface area (Å²) in [6, 6.07) is 11.9.